The van der Waals surface area contributed by atoms with Gasteiger partial charge in [-0.05, 0) is 31.4 Å². The third kappa shape index (κ3) is 3.33. The number of ether oxygens (including phenoxy) is 6. The molecule has 0 aromatic heterocycles. The van der Waals surface area contributed by atoms with E-state index in [-0.39, 0.29) is 18.2 Å². The minimum absolute atomic E-state index is 0.0409. The third-order valence-corrected chi connectivity index (χ3v) is 15.3. The Morgan fingerprint density at radius 3 is 2.18 bits per heavy atom. The lowest BCUT2D eigenvalue weighted by atomic mass is 9.82. The molecule has 4 saturated heterocycles. The summed E-state index contributed by atoms with van der Waals surface area (Å²) >= 11 is 0. The summed E-state index contributed by atoms with van der Waals surface area (Å²) in [5.74, 6) is 0.129. The van der Waals surface area contributed by atoms with E-state index >= 15 is 0 Å². The van der Waals surface area contributed by atoms with Crippen molar-refractivity contribution >= 4 is 30.9 Å². The van der Waals surface area contributed by atoms with Crippen LogP contribution in [0.3, 0.4) is 0 Å². The van der Waals surface area contributed by atoms with Crippen molar-refractivity contribution < 1.29 is 46.9 Å². The van der Waals surface area contributed by atoms with Crippen LogP contribution in [0.1, 0.15) is 87.5 Å². The lowest BCUT2D eigenvalue weighted by Gasteiger charge is -2.51. The smallest absolute Gasteiger partial charge is 0.471 e. The normalized spacial score (nSPS) is 32.3. The first-order chi connectivity index (χ1) is 20.7. The van der Waals surface area contributed by atoms with Crippen molar-refractivity contribution in [3.8, 4) is 17.2 Å². The topological polar surface area (TPSA) is 111 Å². The average Bonchev–Trinajstić information content (AvgIpc) is 3.29. The Kier molecular flexibility index (Phi) is 5.80. The summed E-state index contributed by atoms with van der Waals surface area (Å²) in [6.07, 6.45) is -0.760. The number of hydrogen-bond acceptors (Lipinski definition) is 10. The monoisotopic (exact) mass is 624 g/mol. The van der Waals surface area contributed by atoms with Crippen molar-refractivity contribution in [1.29, 1.82) is 0 Å². The molecule has 0 saturated carbocycles. The minimum atomic E-state index is -3.28. The minimum Gasteiger partial charge on any atom is -0.510 e. The number of hydrogen-bond donors (Lipinski definition) is 0. The number of Topliss-reactive ketones (excluding diaryl/α,β-unsaturated/α-hetero) is 2. The number of benzene rings is 2. The molecule has 0 unspecified atom stereocenters. The molecule has 11 heteroatoms. The van der Waals surface area contributed by atoms with Gasteiger partial charge in [-0.15, -0.1) is 0 Å². The van der Waals surface area contributed by atoms with Gasteiger partial charge in [0.2, 0.25) is 17.7 Å². The molecule has 10 nitrogen and oxygen atoms in total. The van der Waals surface area contributed by atoms with E-state index in [1.165, 1.54) is 0 Å². The molecule has 4 atom stereocenters. The third-order valence-electron chi connectivity index (χ3n) is 10.3. The first-order valence-electron chi connectivity index (χ1n) is 15.6. The van der Waals surface area contributed by atoms with Crippen molar-refractivity contribution in [3.05, 3.63) is 28.3 Å². The van der Waals surface area contributed by atoms with Gasteiger partial charge in [-0.3, -0.25) is 9.59 Å². The van der Waals surface area contributed by atoms with E-state index in [0.29, 0.717) is 53.4 Å². The lowest BCUT2D eigenvalue weighted by Crippen LogP contribution is -2.63. The number of carbonyl (C=O) groups excluding carboxylic acids is 2. The molecule has 5 aliphatic heterocycles. The van der Waals surface area contributed by atoms with E-state index < -0.39 is 48.5 Å². The Hall–Kier alpha value is -2.54. The Labute approximate surface area is 257 Å². The van der Waals surface area contributed by atoms with Crippen LogP contribution in [0.5, 0.6) is 17.2 Å². The van der Waals surface area contributed by atoms with Crippen LogP contribution in [-0.4, -0.2) is 70.8 Å². The number of epoxide rings is 1. The molecule has 0 radical (unpaired) electrons. The quantitative estimate of drug-likeness (QED) is 0.327. The summed E-state index contributed by atoms with van der Waals surface area (Å²) in [7, 11) is -1.64. The second-order valence-corrected chi connectivity index (χ2v) is 19.6. The molecule has 1 aliphatic carbocycles. The summed E-state index contributed by atoms with van der Waals surface area (Å²) in [5.41, 5.74) is 1.78. The molecule has 1 spiro atoms. The van der Waals surface area contributed by atoms with Crippen LogP contribution >= 0.6 is 0 Å². The summed E-state index contributed by atoms with van der Waals surface area (Å²) in [4.78, 5) is 27.7. The predicted octanol–water partition coefficient (Wildman–Crippen LogP) is 5.37. The number of ketones is 2. The zero-order chi connectivity index (χ0) is 31.2. The Morgan fingerprint density at radius 2 is 1.57 bits per heavy atom. The first-order valence-corrected chi connectivity index (χ1v) is 17.4. The van der Waals surface area contributed by atoms with E-state index in [1.54, 1.807) is 7.11 Å². The Morgan fingerprint density at radius 1 is 0.932 bits per heavy atom. The number of carbonyl (C=O) groups is 2. The molecule has 2 bridgehead atoms. The summed E-state index contributed by atoms with van der Waals surface area (Å²) in [5, 5.41) is 0.654. The molecule has 2 aromatic rings. The highest BCUT2D eigenvalue weighted by atomic mass is 28.4. The van der Waals surface area contributed by atoms with Crippen LogP contribution in [0.15, 0.2) is 6.07 Å². The molecule has 4 fully saturated rings. The molecule has 236 valence electrons. The number of methoxy groups -OCH3 is 1. The van der Waals surface area contributed by atoms with E-state index in [9.17, 15) is 9.59 Å². The van der Waals surface area contributed by atoms with Gasteiger partial charge >= 0.3 is 8.56 Å². The van der Waals surface area contributed by atoms with Gasteiger partial charge in [0.15, 0.2) is 11.9 Å². The van der Waals surface area contributed by atoms with E-state index in [2.05, 4.69) is 41.5 Å². The van der Waals surface area contributed by atoms with Crippen LogP contribution in [-0.2, 0) is 34.9 Å². The fourth-order valence-electron chi connectivity index (χ4n) is 8.49. The molecule has 0 amide bonds. The number of fused-ring (bicyclic) bond motifs is 5. The standard InChI is InChI=1S/C33H40O10Si/c1-16-14-18-22-24(20(16)26-27-28(35)32(15-39-32)33(40-26,41-27)29-37-12-13-38-29)42-44(30(2,3)4,31(5,6)7)43-25(22)21-17(23(18)36-8)10-9-11-19(21)34/h14,26-27,29H,9-13,15H2,1-8H3/t26-,27-,32-,33-/m0/s1. The summed E-state index contributed by atoms with van der Waals surface area (Å²) in [6.45, 7) is 15.7. The second-order valence-electron chi connectivity index (χ2n) is 15.0. The van der Waals surface area contributed by atoms with Crippen molar-refractivity contribution in [2.24, 2.45) is 0 Å². The van der Waals surface area contributed by atoms with Crippen molar-refractivity contribution in [1.82, 2.24) is 0 Å². The lowest BCUT2D eigenvalue weighted by molar-refractivity contribution is -0.300. The molecule has 5 heterocycles. The first kappa shape index (κ1) is 28.9. The molecular weight excluding hydrogens is 584 g/mol. The molecule has 8 rings (SSSR count). The second kappa shape index (κ2) is 8.83. The summed E-state index contributed by atoms with van der Waals surface area (Å²) in [6, 6.07) is 2.03. The van der Waals surface area contributed by atoms with Crippen LogP contribution < -0.4 is 13.6 Å². The van der Waals surface area contributed by atoms with Gasteiger partial charge in [0, 0.05) is 33.0 Å². The fraction of sp³-hybridized carbons (Fsp3) is 0.636. The number of aryl methyl sites for hydroxylation is 1. The summed E-state index contributed by atoms with van der Waals surface area (Å²) < 4.78 is 51.4. The maximum absolute atomic E-state index is 14.0. The highest BCUT2D eigenvalue weighted by Crippen LogP contribution is 2.65. The highest BCUT2D eigenvalue weighted by molar-refractivity contribution is 6.75. The van der Waals surface area contributed by atoms with Gasteiger partial charge in [-0.1, -0.05) is 41.5 Å². The molecular formula is C33H40O10Si. The number of rotatable bonds is 3. The van der Waals surface area contributed by atoms with Crippen molar-refractivity contribution in [3.63, 3.8) is 0 Å². The zero-order valence-corrected chi connectivity index (χ0v) is 27.6. The van der Waals surface area contributed by atoms with Gasteiger partial charge in [-0.25, -0.2) is 0 Å². The van der Waals surface area contributed by atoms with Gasteiger partial charge in [0.25, 0.3) is 5.79 Å². The van der Waals surface area contributed by atoms with Crippen LogP contribution in [0.4, 0.5) is 0 Å². The maximum Gasteiger partial charge on any atom is 0.471 e. The van der Waals surface area contributed by atoms with E-state index in [4.69, 9.17) is 37.3 Å². The SMILES string of the molecule is COc1c2c(c3c4c(c([C@@H]5O[C@@]6(C7OCCO7)O[C@@H]5C(=O)[C@@]65CO5)c(C)cc14)O[Si](C(C)(C)C)(C(C)(C)C)O3)C(=O)CCC2. The van der Waals surface area contributed by atoms with Crippen molar-refractivity contribution in [2.75, 3.05) is 26.9 Å². The molecule has 6 aliphatic rings. The molecule has 44 heavy (non-hydrogen) atoms. The van der Waals surface area contributed by atoms with E-state index in [0.717, 1.165) is 29.4 Å². The fourth-order valence-corrected chi connectivity index (χ4v) is 13.0. The zero-order valence-electron chi connectivity index (χ0n) is 26.6. The van der Waals surface area contributed by atoms with Gasteiger partial charge in [0.1, 0.15) is 23.4 Å². The van der Waals surface area contributed by atoms with Crippen LogP contribution in [0, 0.1) is 6.92 Å². The van der Waals surface area contributed by atoms with Gasteiger partial charge in [-0.2, -0.15) is 0 Å². The van der Waals surface area contributed by atoms with Crippen LogP contribution in [0.25, 0.3) is 10.8 Å². The van der Waals surface area contributed by atoms with Crippen LogP contribution in [0.2, 0.25) is 10.1 Å². The Balaban J connectivity index is 1.42. The predicted molar refractivity (Wildman–Crippen MR) is 160 cm³/mol. The van der Waals surface area contributed by atoms with E-state index in [1.807, 2.05) is 13.0 Å². The molecule has 2 aromatic carbocycles. The van der Waals surface area contributed by atoms with Gasteiger partial charge in [0.05, 0.1) is 37.9 Å². The molecule has 0 N–H and O–H groups in total. The van der Waals surface area contributed by atoms with Gasteiger partial charge < -0.3 is 37.3 Å². The average molecular weight is 625 g/mol. The Bertz CT molecular complexity index is 1630. The maximum atomic E-state index is 14.0. The highest BCUT2D eigenvalue weighted by Gasteiger charge is 2.85. The largest absolute Gasteiger partial charge is 0.510 e. The van der Waals surface area contributed by atoms with Crippen molar-refractivity contribution in [2.45, 2.75) is 108 Å².